The highest BCUT2D eigenvalue weighted by Gasteiger charge is 2.11. The first-order chi connectivity index (χ1) is 10.6. The number of nitrogens with zero attached hydrogens (tertiary/aromatic N) is 2. The van der Waals surface area contributed by atoms with Gasteiger partial charge in [0.2, 0.25) is 0 Å². The predicted molar refractivity (Wildman–Crippen MR) is 88.6 cm³/mol. The number of carbonyl (C=O) groups excluding carboxylic acids is 1. The summed E-state index contributed by atoms with van der Waals surface area (Å²) in [5, 5.41) is 0.462. The molecule has 0 aliphatic rings. The lowest BCUT2D eigenvalue weighted by atomic mass is 10.2. The van der Waals surface area contributed by atoms with E-state index < -0.39 is 0 Å². The molecule has 22 heavy (non-hydrogen) atoms. The fraction of sp³-hybridized carbons (Fsp3) is 0.0625. The molecule has 0 atom stereocenters. The Morgan fingerprint density at radius 1 is 1.14 bits per heavy atom. The van der Waals surface area contributed by atoms with E-state index in [0.29, 0.717) is 22.3 Å². The van der Waals surface area contributed by atoms with Crippen molar-refractivity contribution in [3.8, 4) is 0 Å². The van der Waals surface area contributed by atoms with Gasteiger partial charge >= 0.3 is 0 Å². The molecule has 0 aliphatic carbocycles. The number of para-hydroxylation sites is 1. The van der Waals surface area contributed by atoms with E-state index in [4.69, 9.17) is 0 Å². The number of aromatic nitrogens is 2. The van der Waals surface area contributed by atoms with Crippen molar-refractivity contribution in [3.05, 3.63) is 74.7 Å². The van der Waals surface area contributed by atoms with Crippen LogP contribution in [0.2, 0.25) is 0 Å². The molecule has 0 bridgehead atoms. The summed E-state index contributed by atoms with van der Waals surface area (Å²) in [4.78, 5) is 29.1. The summed E-state index contributed by atoms with van der Waals surface area (Å²) in [7, 11) is 0. The van der Waals surface area contributed by atoms with Gasteiger partial charge in [0, 0.05) is 10.0 Å². The van der Waals surface area contributed by atoms with Gasteiger partial charge in [0.05, 0.1) is 10.9 Å². The molecule has 0 aliphatic heterocycles. The molecular formula is C16H12BrN3O2. The maximum atomic E-state index is 12.5. The number of carbonyl (C=O) groups is 1. The van der Waals surface area contributed by atoms with E-state index >= 15 is 0 Å². The molecule has 5 nitrogen and oxygen atoms in total. The summed E-state index contributed by atoms with van der Waals surface area (Å²) >= 11 is 3.31. The summed E-state index contributed by atoms with van der Waals surface area (Å²) in [6.07, 6.45) is 0. The van der Waals surface area contributed by atoms with Crippen LogP contribution in [0.3, 0.4) is 0 Å². The van der Waals surface area contributed by atoms with Crippen LogP contribution in [0, 0.1) is 6.92 Å². The Morgan fingerprint density at radius 3 is 2.55 bits per heavy atom. The average molecular weight is 358 g/mol. The number of rotatable bonds is 2. The second kappa shape index (κ2) is 5.73. The van der Waals surface area contributed by atoms with Crippen LogP contribution in [-0.4, -0.2) is 15.6 Å². The third-order valence-electron chi connectivity index (χ3n) is 3.26. The van der Waals surface area contributed by atoms with Crippen molar-refractivity contribution in [1.82, 2.24) is 9.66 Å². The molecule has 0 radical (unpaired) electrons. The van der Waals surface area contributed by atoms with Crippen LogP contribution in [0.5, 0.6) is 0 Å². The molecule has 0 fully saturated rings. The molecule has 0 unspecified atom stereocenters. The van der Waals surface area contributed by atoms with E-state index in [1.54, 1.807) is 49.4 Å². The maximum absolute atomic E-state index is 12.5. The molecule has 0 saturated heterocycles. The summed E-state index contributed by atoms with van der Waals surface area (Å²) in [5.41, 5.74) is 3.37. The molecule has 1 heterocycles. The number of fused-ring (bicyclic) bond motifs is 1. The van der Waals surface area contributed by atoms with Gasteiger partial charge in [-0.1, -0.05) is 28.1 Å². The Labute approximate surface area is 134 Å². The number of amides is 1. The van der Waals surface area contributed by atoms with Gasteiger partial charge in [0.15, 0.2) is 0 Å². The standard InChI is InChI=1S/C16H12BrN3O2/c1-10-18-14-5-3-2-4-13(14)16(22)20(10)19-15(21)11-6-8-12(17)9-7-11/h2-9H,1H3,(H,19,21). The van der Waals surface area contributed by atoms with Gasteiger partial charge in [-0.25, -0.2) is 9.66 Å². The first-order valence-electron chi connectivity index (χ1n) is 6.61. The van der Waals surface area contributed by atoms with Crippen molar-refractivity contribution < 1.29 is 4.79 Å². The minimum absolute atomic E-state index is 0.298. The molecule has 2 aromatic carbocycles. The van der Waals surface area contributed by atoms with E-state index in [-0.39, 0.29) is 11.5 Å². The molecule has 3 rings (SSSR count). The zero-order valence-corrected chi connectivity index (χ0v) is 13.3. The number of halogens is 1. The van der Waals surface area contributed by atoms with Crippen molar-refractivity contribution in [3.63, 3.8) is 0 Å². The van der Waals surface area contributed by atoms with Gasteiger partial charge in [-0.05, 0) is 43.3 Å². The van der Waals surface area contributed by atoms with E-state index in [9.17, 15) is 9.59 Å². The van der Waals surface area contributed by atoms with Crippen LogP contribution in [-0.2, 0) is 0 Å². The molecule has 0 saturated carbocycles. The van der Waals surface area contributed by atoms with Crippen molar-refractivity contribution >= 4 is 32.7 Å². The second-order valence-corrected chi connectivity index (χ2v) is 5.68. The third kappa shape index (κ3) is 2.65. The van der Waals surface area contributed by atoms with E-state index in [0.717, 1.165) is 4.47 Å². The Bertz CT molecular complexity index is 917. The first kappa shape index (κ1) is 14.5. The lowest BCUT2D eigenvalue weighted by molar-refractivity contribution is 0.101. The summed E-state index contributed by atoms with van der Waals surface area (Å²) in [6.45, 7) is 1.68. The highest BCUT2D eigenvalue weighted by Crippen LogP contribution is 2.11. The van der Waals surface area contributed by atoms with Gasteiger partial charge < -0.3 is 0 Å². The Balaban J connectivity index is 2.02. The zero-order valence-electron chi connectivity index (χ0n) is 11.7. The van der Waals surface area contributed by atoms with Gasteiger partial charge in [-0.3, -0.25) is 15.0 Å². The molecule has 1 aromatic heterocycles. The van der Waals surface area contributed by atoms with Crippen molar-refractivity contribution in [1.29, 1.82) is 0 Å². The van der Waals surface area contributed by atoms with Crippen LogP contribution in [0.25, 0.3) is 10.9 Å². The average Bonchev–Trinajstić information content (AvgIpc) is 2.52. The largest absolute Gasteiger partial charge is 0.280 e. The fourth-order valence-electron chi connectivity index (χ4n) is 2.14. The summed E-state index contributed by atoms with van der Waals surface area (Å²) in [5.74, 6) is 0.0592. The van der Waals surface area contributed by atoms with Crippen LogP contribution in [0.4, 0.5) is 0 Å². The van der Waals surface area contributed by atoms with E-state index in [1.165, 1.54) is 4.68 Å². The molecule has 1 N–H and O–H groups in total. The van der Waals surface area contributed by atoms with Gasteiger partial charge in [-0.15, -0.1) is 0 Å². The Kier molecular flexibility index (Phi) is 3.77. The Hall–Kier alpha value is -2.47. The third-order valence-corrected chi connectivity index (χ3v) is 3.79. The van der Waals surface area contributed by atoms with Crippen LogP contribution in [0.1, 0.15) is 16.2 Å². The number of hydrogen-bond acceptors (Lipinski definition) is 3. The van der Waals surface area contributed by atoms with Crippen LogP contribution < -0.4 is 11.0 Å². The molecule has 3 aromatic rings. The first-order valence-corrected chi connectivity index (χ1v) is 7.41. The number of aryl methyl sites for hydroxylation is 1. The van der Waals surface area contributed by atoms with Crippen LogP contribution >= 0.6 is 15.9 Å². The lowest BCUT2D eigenvalue weighted by Gasteiger charge is -2.12. The van der Waals surface area contributed by atoms with E-state index in [2.05, 4.69) is 26.3 Å². The maximum Gasteiger partial charge on any atom is 0.280 e. The molecule has 6 heteroatoms. The number of nitrogens with one attached hydrogen (secondary N) is 1. The van der Waals surface area contributed by atoms with Crippen molar-refractivity contribution in [2.75, 3.05) is 5.43 Å². The highest BCUT2D eigenvalue weighted by atomic mass is 79.9. The number of benzene rings is 2. The lowest BCUT2D eigenvalue weighted by Crippen LogP contribution is -2.35. The van der Waals surface area contributed by atoms with E-state index in [1.807, 2.05) is 6.07 Å². The van der Waals surface area contributed by atoms with Crippen molar-refractivity contribution in [2.24, 2.45) is 0 Å². The monoisotopic (exact) mass is 357 g/mol. The minimum atomic E-state index is -0.366. The van der Waals surface area contributed by atoms with Gasteiger partial charge in [0.25, 0.3) is 11.5 Å². The second-order valence-electron chi connectivity index (χ2n) is 4.76. The Morgan fingerprint density at radius 2 is 1.82 bits per heavy atom. The molecule has 0 spiro atoms. The SMILES string of the molecule is Cc1nc2ccccc2c(=O)n1NC(=O)c1ccc(Br)cc1. The fourth-order valence-corrected chi connectivity index (χ4v) is 2.41. The molecule has 1 amide bonds. The summed E-state index contributed by atoms with van der Waals surface area (Å²) in [6, 6.07) is 13.9. The summed E-state index contributed by atoms with van der Waals surface area (Å²) < 4.78 is 2.05. The van der Waals surface area contributed by atoms with Gasteiger partial charge in [0.1, 0.15) is 5.82 Å². The highest BCUT2D eigenvalue weighted by molar-refractivity contribution is 9.10. The smallest absolute Gasteiger partial charge is 0.267 e. The molecule has 110 valence electrons. The topological polar surface area (TPSA) is 64.0 Å². The van der Waals surface area contributed by atoms with Gasteiger partial charge in [-0.2, -0.15) is 0 Å². The zero-order chi connectivity index (χ0) is 15.7. The van der Waals surface area contributed by atoms with Crippen LogP contribution in [0.15, 0.2) is 57.8 Å². The predicted octanol–water partition coefficient (Wildman–Crippen LogP) is 2.85. The minimum Gasteiger partial charge on any atom is -0.267 e. The molecular weight excluding hydrogens is 346 g/mol. The van der Waals surface area contributed by atoms with Crippen molar-refractivity contribution in [2.45, 2.75) is 6.92 Å². The normalized spacial score (nSPS) is 10.6. The number of hydrogen-bond donors (Lipinski definition) is 1. The quantitative estimate of drug-likeness (QED) is 0.766.